The van der Waals surface area contributed by atoms with Crippen LogP contribution in [0.2, 0.25) is 0 Å². The van der Waals surface area contributed by atoms with Crippen LogP contribution in [-0.2, 0) is 0 Å². The summed E-state index contributed by atoms with van der Waals surface area (Å²) < 4.78 is 23.2. The van der Waals surface area contributed by atoms with Crippen molar-refractivity contribution in [3.8, 4) is 46.0 Å². The predicted molar refractivity (Wildman–Crippen MR) is 194 cm³/mol. The van der Waals surface area contributed by atoms with Gasteiger partial charge in [-0.1, -0.05) is 6.07 Å². The maximum Gasteiger partial charge on any atom is 0.343 e. The van der Waals surface area contributed by atoms with E-state index in [-0.39, 0.29) is 79.0 Å². The third kappa shape index (κ3) is 7.29. The highest BCUT2D eigenvalue weighted by Crippen LogP contribution is 2.43. The highest BCUT2D eigenvalue weighted by Gasteiger charge is 2.23. The lowest BCUT2D eigenvalue weighted by atomic mass is 10.0. The summed E-state index contributed by atoms with van der Waals surface area (Å²) in [4.78, 5) is 53.1. The van der Waals surface area contributed by atoms with E-state index in [1.807, 2.05) is 0 Å². The quantitative estimate of drug-likeness (QED) is 0.0682. The van der Waals surface area contributed by atoms with Gasteiger partial charge in [-0.15, -0.1) is 0 Å². The van der Waals surface area contributed by atoms with E-state index in [0.717, 1.165) is 0 Å². The van der Waals surface area contributed by atoms with Crippen LogP contribution >= 0.6 is 0 Å². The number of phenols is 4. The molecule has 0 bridgehead atoms. The number of phenolic OH excluding ortho intramolecular Hbond substituents is 4. The Bertz CT molecular complexity index is 2580. The number of ether oxygens (including phenoxy) is 4. The van der Waals surface area contributed by atoms with E-state index in [1.165, 1.54) is 121 Å². The van der Waals surface area contributed by atoms with Gasteiger partial charge < -0.3 is 39.4 Å². The molecule has 0 fully saturated rings. The number of fused-ring (bicyclic) bond motifs is 2. The van der Waals surface area contributed by atoms with Crippen molar-refractivity contribution in [3.05, 3.63) is 156 Å². The number of hydrogen-bond acceptors (Lipinski definition) is 12. The van der Waals surface area contributed by atoms with Gasteiger partial charge in [0.2, 0.25) is 0 Å². The van der Waals surface area contributed by atoms with E-state index in [0.29, 0.717) is 10.8 Å². The first-order chi connectivity index (χ1) is 26.0. The average Bonchev–Trinajstić information content (AvgIpc) is 3.17. The SMILES string of the molecule is O=C(Oc1ccc2cc3c(OC(=O)c4ccc(O)cc4)ccc(OC(=O)c4ccc(O)cc4)c3cc2c1OC(=O)c1ccc(O)cc1)c1ccc(O)cc1. The van der Waals surface area contributed by atoms with Crippen molar-refractivity contribution in [3.63, 3.8) is 0 Å². The van der Waals surface area contributed by atoms with Crippen molar-refractivity contribution >= 4 is 45.4 Å². The molecule has 0 heterocycles. The number of esters is 4. The second-order valence-corrected chi connectivity index (χ2v) is 11.8. The van der Waals surface area contributed by atoms with E-state index < -0.39 is 23.9 Å². The summed E-state index contributed by atoms with van der Waals surface area (Å²) in [5, 5.41) is 40.0. The minimum atomic E-state index is -0.861. The van der Waals surface area contributed by atoms with Crippen LogP contribution in [0.5, 0.6) is 46.0 Å². The van der Waals surface area contributed by atoms with Crippen LogP contribution in [0.3, 0.4) is 0 Å². The molecular weight excluding hydrogens is 696 g/mol. The fourth-order valence-electron chi connectivity index (χ4n) is 5.45. The molecule has 0 aliphatic rings. The van der Waals surface area contributed by atoms with E-state index in [9.17, 15) is 39.6 Å². The maximum atomic E-state index is 13.5. The minimum absolute atomic E-state index is 0.0108. The Balaban J connectivity index is 1.38. The van der Waals surface area contributed by atoms with Gasteiger partial charge in [0.1, 0.15) is 34.5 Å². The van der Waals surface area contributed by atoms with Crippen LogP contribution in [0.25, 0.3) is 21.5 Å². The fourth-order valence-corrected chi connectivity index (χ4v) is 5.45. The molecule has 0 saturated carbocycles. The molecule has 0 unspecified atom stereocenters. The van der Waals surface area contributed by atoms with Crippen molar-refractivity contribution < 1.29 is 58.6 Å². The topological polar surface area (TPSA) is 186 Å². The minimum Gasteiger partial charge on any atom is -0.508 e. The Morgan fingerprint density at radius 3 is 1.04 bits per heavy atom. The molecule has 12 heteroatoms. The molecule has 0 aromatic heterocycles. The molecule has 12 nitrogen and oxygen atoms in total. The molecule has 0 amide bonds. The van der Waals surface area contributed by atoms with Crippen molar-refractivity contribution in [2.24, 2.45) is 0 Å². The van der Waals surface area contributed by atoms with Crippen molar-refractivity contribution in [2.75, 3.05) is 0 Å². The number of benzene rings is 7. The first-order valence-corrected chi connectivity index (χ1v) is 16.1. The third-order valence-corrected chi connectivity index (χ3v) is 8.20. The largest absolute Gasteiger partial charge is 0.508 e. The van der Waals surface area contributed by atoms with E-state index in [1.54, 1.807) is 12.1 Å². The summed E-state index contributed by atoms with van der Waals surface area (Å²) in [6, 6.07) is 30.4. The standard InChI is InChI=1S/C42H26O12/c43-28-10-1-23(2-11-28)39(47)51-35-19-20-36(52-40(48)24-3-12-29(44)13-4-24)34-22-32-27(21-33(34)35)9-18-37(53-41(49)25-5-14-30(45)15-6-25)38(32)54-42(50)26-7-16-31(46)17-8-26/h1-22,43-46H. The van der Waals surface area contributed by atoms with Crippen molar-refractivity contribution in [2.45, 2.75) is 0 Å². The number of aromatic hydroxyl groups is 4. The number of carbonyl (C=O) groups excluding carboxylic acids is 4. The van der Waals surface area contributed by atoms with E-state index in [4.69, 9.17) is 18.9 Å². The van der Waals surface area contributed by atoms with Crippen molar-refractivity contribution in [1.29, 1.82) is 0 Å². The molecule has 0 saturated heterocycles. The van der Waals surface area contributed by atoms with Crippen LogP contribution < -0.4 is 18.9 Å². The zero-order chi connectivity index (χ0) is 37.9. The lowest BCUT2D eigenvalue weighted by molar-refractivity contribution is 0.0684. The molecule has 0 radical (unpaired) electrons. The third-order valence-electron chi connectivity index (χ3n) is 8.20. The van der Waals surface area contributed by atoms with E-state index >= 15 is 0 Å². The summed E-state index contributed by atoms with van der Waals surface area (Å²) in [6.45, 7) is 0. The Morgan fingerprint density at radius 2 is 0.648 bits per heavy atom. The van der Waals surface area contributed by atoms with Gasteiger partial charge in [0.05, 0.1) is 22.3 Å². The molecular formula is C42H26O12. The molecule has 0 aliphatic carbocycles. The Kier molecular flexibility index (Phi) is 9.22. The van der Waals surface area contributed by atoms with Gasteiger partial charge in [-0.05, 0) is 133 Å². The van der Waals surface area contributed by atoms with Gasteiger partial charge in [0.15, 0.2) is 11.5 Å². The van der Waals surface area contributed by atoms with Gasteiger partial charge in [-0.25, -0.2) is 19.2 Å². The second kappa shape index (κ2) is 14.4. The molecule has 4 N–H and O–H groups in total. The molecule has 0 aliphatic heterocycles. The predicted octanol–water partition coefficient (Wildman–Crippen LogP) is 7.69. The molecule has 7 aromatic rings. The van der Waals surface area contributed by atoms with Crippen LogP contribution in [0.1, 0.15) is 41.4 Å². The zero-order valence-corrected chi connectivity index (χ0v) is 27.8. The molecule has 0 spiro atoms. The smallest absolute Gasteiger partial charge is 0.343 e. The molecule has 7 aromatic carbocycles. The Hall–Kier alpha value is -7.86. The number of hydrogen-bond donors (Lipinski definition) is 4. The Morgan fingerprint density at radius 1 is 0.333 bits per heavy atom. The summed E-state index contributed by atoms with van der Waals surface area (Å²) in [7, 11) is 0. The van der Waals surface area contributed by atoms with Crippen LogP contribution in [-0.4, -0.2) is 44.3 Å². The zero-order valence-electron chi connectivity index (χ0n) is 27.8. The van der Waals surface area contributed by atoms with Gasteiger partial charge in [-0.3, -0.25) is 0 Å². The Labute approximate surface area is 305 Å². The van der Waals surface area contributed by atoms with Gasteiger partial charge >= 0.3 is 23.9 Å². The first-order valence-electron chi connectivity index (χ1n) is 16.1. The van der Waals surface area contributed by atoms with E-state index in [2.05, 4.69) is 0 Å². The lowest BCUT2D eigenvalue weighted by Crippen LogP contribution is -2.13. The molecule has 7 rings (SSSR count). The number of carbonyl (C=O) groups is 4. The molecule has 0 atom stereocenters. The summed E-state index contributed by atoms with van der Waals surface area (Å²) in [5.41, 5.74) is 0.420. The van der Waals surface area contributed by atoms with Crippen LogP contribution in [0.15, 0.2) is 133 Å². The van der Waals surface area contributed by atoms with Crippen LogP contribution in [0, 0.1) is 0 Å². The monoisotopic (exact) mass is 722 g/mol. The van der Waals surface area contributed by atoms with Gasteiger partial charge in [0.25, 0.3) is 0 Å². The van der Waals surface area contributed by atoms with Gasteiger partial charge in [0, 0.05) is 16.2 Å². The summed E-state index contributed by atoms with van der Waals surface area (Å²) in [6.07, 6.45) is 0. The second-order valence-electron chi connectivity index (χ2n) is 11.8. The van der Waals surface area contributed by atoms with Crippen LogP contribution in [0.4, 0.5) is 0 Å². The summed E-state index contributed by atoms with van der Waals surface area (Å²) >= 11 is 0. The molecule has 266 valence electrons. The first kappa shape index (κ1) is 34.6. The average molecular weight is 723 g/mol. The maximum absolute atomic E-state index is 13.5. The normalized spacial score (nSPS) is 10.8. The van der Waals surface area contributed by atoms with Gasteiger partial charge in [-0.2, -0.15) is 0 Å². The fraction of sp³-hybridized carbons (Fsp3) is 0. The van der Waals surface area contributed by atoms with Crippen molar-refractivity contribution in [1.82, 2.24) is 0 Å². The molecule has 54 heavy (non-hydrogen) atoms. The highest BCUT2D eigenvalue weighted by atomic mass is 16.6. The lowest BCUT2D eigenvalue weighted by Gasteiger charge is -2.17. The highest BCUT2D eigenvalue weighted by molar-refractivity contribution is 6.09. The summed E-state index contributed by atoms with van der Waals surface area (Å²) in [5.74, 6) is -3.73. The number of rotatable bonds is 8.